The van der Waals surface area contributed by atoms with Crippen molar-refractivity contribution in [2.75, 3.05) is 31.5 Å². The molecule has 1 aromatic carbocycles. The van der Waals surface area contributed by atoms with Gasteiger partial charge in [0.1, 0.15) is 17.3 Å². The number of nitrogens with zero attached hydrogens (tertiary/aromatic N) is 1. The molecule has 0 aromatic heterocycles. The Morgan fingerprint density at radius 3 is 2.48 bits per heavy atom. The molecule has 2 rings (SSSR count). The van der Waals surface area contributed by atoms with Crippen LogP contribution >= 0.6 is 0 Å². The molecule has 1 aromatic rings. The summed E-state index contributed by atoms with van der Waals surface area (Å²) in [6, 6.07) is 3.36. The van der Waals surface area contributed by atoms with Crippen LogP contribution in [-0.4, -0.2) is 42.9 Å². The van der Waals surface area contributed by atoms with E-state index < -0.39 is 23.2 Å². The number of halogens is 2. The van der Waals surface area contributed by atoms with E-state index in [0.717, 1.165) is 44.5 Å². The number of amides is 2. The van der Waals surface area contributed by atoms with E-state index in [-0.39, 0.29) is 12.5 Å². The maximum atomic E-state index is 13.6. The molecule has 0 saturated carbocycles. The maximum Gasteiger partial charge on any atom is 0.244 e. The van der Waals surface area contributed by atoms with Crippen LogP contribution in [0.5, 0.6) is 0 Å². The molecule has 7 heteroatoms. The number of piperidine rings is 1. The van der Waals surface area contributed by atoms with Gasteiger partial charge in [-0.25, -0.2) is 8.78 Å². The molecule has 5 nitrogen and oxygen atoms in total. The molecule has 1 fully saturated rings. The number of carbonyl (C=O) groups excluding carboxylic acids is 2. The Morgan fingerprint density at radius 2 is 1.88 bits per heavy atom. The molecule has 0 radical (unpaired) electrons. The van der Waals surface area contributed by atoms with Crippen LogP contribution in [-0.2, 0) is 9.59 Å². The third-order valence-corrected chi connectivity index (χ3v) is 4.52. The van der Waals surface area contributed by atoms with Crippen LogP contribution in [0.25, 0.3) is 0 Å². The van der Waals surface area contributed by atoms with Crippen LogP contribution in [0.4, 0.5) is 14.5 Å². The fourth-order valence-electron chi connectivity index (χ4n) is 3.00. The quantitative estimate of drug-likeness (QED) is 0.792. The lowest BCUT2D eigenvalue weighted by molar-refractivity contribution is -0.134. The van der Waals surface area contributed by atoms with E-state index in [1.807, 2.05) is 0 Å². The lowest BCUT2D eigenvalue weighted by Crippen LogP contribution is -2.38. The van der Waals surface area contributed by atoms with Crippen molar-refractivity contribution in [3.05, 3.63) is 29.8 Å². The number of hydrogen-bond donors (Lipinski definition) is 2. The van der Waals surface area contributed by atoms with Crippen molar-refractivity contribution < 1.29 is 18.4 Å². The van der Waals surface area contributed by atoms with Gasteiger partial charge in [-0.05, 0) is 57.3 Å². The molecule has 0 bridgehead atoms. The van der Waals surface area contributed by atoms with Crippen LogP contribution in [0.3, 0.4) is 0 Å². The average Bonchev–Trinajstić information content (AvgIpc) is 2.61. The molecule has 0 aliphatic carbocycles. The zero-order chi connectivity index (χ0) is 18.2. The molecule has 0 atom stereocenters. The van der Waals surface area contributed by atoms with E-state index in [1.165, 1.54) is 11.0 Å². The van der Waals surface area contributed by atoms with Crippen molar-refractivity contribution in [1.82, 2.24) is 10.2 Å². The Hall–Kier alpha value is -2.02. The molecule has 0 unspecified atom stereocenters. The monoisotopic (exact) mass is 353 g/mol. The van der Waals surface area contributed by atoms with E-state index in [1.54, 1.807) is 6.92 Å². The minimum Gasteiger partial charge on any atom is -0.334 e. The number of para-hydroxylation sites is 1. The molecule has 2 amide bonds. The van der Waals surface area contributed by atoms with E-state index in [2.05, 4.69) is 10.6 Å². The first-order valence-electron chi connectivity index (χ1n) is 8.73. The van der Waals surface area contributed by atoms with Crippen molar-refractivity contribution >= 4 is 17.5 Å². The number of benzene rings is 1. The van der Waals surface area contributed by atoms with Crippen LogP contribution in [0.1, 0.15) is 32.6 Å². The van der Waals surface area contributed by atoms with Crippen LogP contribution < -0.4 is 10.6 Å². The lowest BCUT2D eigenvalue weighted by Gasteiger charge is -2.24. The number of carbonyl (C=O) groups is 2. The normalized spacial score (nSPS) is 15.0. The third-order valence-electron chi connectivity index (χ3n) is 4.52. The zero-order valence-electron chi connectivity index (χ0n) is 14.5. The van der Waals surface area contributed by atoms with Crippen LogP contribution in [0.15, 0.2) is 18.2 Å². The standard InChI is InChI=1S/C18H25F2N3O2/c1-2-23(17(25)7-6-13-8-10-21-11-9-13)12-16(24)22-18-14(19)4-3-5-15(18)20/h3-5,13,21H,2,6-12H2,1H3,(H,22,24). The van der Waals surface area contributed by atoms with Gasteiger partial charge in [-0.15, -0.1) is 0 Å². The van der Waals surface area contributed by atoms with Gasteiger partial charge in [-0.3, -0.25) is 9.59 Å². The molecule has 1 aliphatic rings. The Balaban J connectivity index is 1.85. The van der Waals surface area contributed by atoms with Gasteiger partial charge in [0.2, 0.25) is 11.8 Å². The minimum atomic E-state index is -0.839. The Labute approximate surface area is 146 Å². The van der Waals surface area contributed by atoms with Crippen LogP contribution in [0.2, 0.25) is 0 Å². The summed E-state index contributed by atoms with van der Waals surface area (Å²) in [5, 5.41) is 5.50. The van der Waals surface area contributed by atoms with Crippen molar-refractivity contribution in [1.29, 1.82) is 0 Å². The number of hydrogen-bond acceptors (Lipinski definition) is 3. The summed E-state index contributed by atoms with van der Waals surface area (Å²) in [5.74, 6) is -1.86. The van der Waals surface area contributed by atoms with E-state index in [4.69, 9.17) is 0 Å². The average molecular weight is 353 g/mol. The first kappa shape index (κ1) is 19.3. The summed E-state index contributed by atoms with van der Waals surface area (Å²) in [4.78, 5) is 25.8. The number of anilines is 1. The Kier molecular flexibility index (Phi) is 7.31. The predicted octanol–water partition coefficient (Wildman–Crippen LogP) is 2.53. The van der Waals surface area contributed by atoms with Gasteiger partial charge < -0.3 is 15.5 Å². The van der Waals surface area contributed by atoms with E-state index in [9.17, 15) is 18.4 Å². The van der Waals surface area contributed by atoms with Gasteiger partial charge in [0.15, 0.2) is 0 Å². The molecule has 1 aliphatic heterocycles. The summed E-state index contributed by atoms with van der Waals surface area (Å²) >= 11 is 0. The lowest BCUT2D eigenvalue weighted by atomic mass is 9.93. The summed E-state index contributed by atoms with van der Waals surface area (Å²) < 4.78 is 27.1. The Bertz CT molecular complexity index is 584. The second-order valence-corrected chi connectivity index (χ2v) is 6.28. The summed E-state index contributed by atoms with van der Waals surface area (Å²) in [6.07, 6.45) is 3.32. The van der Waals surface area contributed by atoms with E-state index in [0.29, 0.717) is 18.9 Å². The molecule has 0 spiro atoms. The van der Waals surface area contributed by atoms with Gasteiger partial charge in [0.25, 0.3) is 0 Å². The predicted molar refractivity (Wildman–Crippen MR) is 92.1 cm³/mol. The summed E-state index contributed by atoms with van der Waals surface area (Å²) in [5.41, 5.74) is -0.481. The maximum absolute atomic E-state index is 13.6. The molecule has 2 N–H and O–H groups in total. The van der Waals surface area contributed by atoms with Crippen molar-refractivity contribution in [2.45, 2.75) is 32.6 Å². The van der Waals surface area contributed by atoms with Crippen LogP contribution in [0, 0.1) is 17.6 Å². The van der Waals surface area contributed by atoms with Crippen molar-refractivity contribution in [3.63, 3.8) is 0 Å². The molecular formula is C18H25F2N3O2. The molecule has 25 heavy (non-hydrogen) atoms. The number of nitrogens with one attached hydrogen (secondary N) is 2. The SMILES string of the molecule is CCN(CC(=O)Nc1c(F)cccc1F)C(=O)CCC1CCNCC1. The molecule has 138 valence electrons. The highest BCUT2D eigenvalue weighted by Gasteiger charge is 2.20. The van der Waals surface area contributed by atoms with Gasteiger partial charge in [0.05, 0.1) is 6.54 Å². The Morgan fingerprint density at radius 1 is 1.24 bits per heavy atom. The highest BCUT2D eigenvalue weighted by atomic mass is 19.1. The first-order valence-corrected chi connectivity index (χ1v) is 8.73. The van der Waals surface area contributed by atoms with Gasteiger partial charge in [0, 0.05) is 13.0 Å². The largest absolute Gasteiger partial charge is 0.334 e. The van der Waals surface area contributed by atoms with Gasteiger partial charge >= 0.3 is 0 Å². The van der Waals surface area contributed by atoms with Gasteiger partial charge in [-0.2, -0.15) is 0 Å². The zero-order valence-corrected chi connectivity index (χ0v) is 14.5. The number of likely N-dealkylation sites (N-methyl/N-ethyl adjacent to an activating group) is 1. The first-order chi connectivity index (χ1) is 12.0. The van der Waals surface area contributed by atoms with Gasteiger partial charge in [-0.1, -0.05) is 6.07 Å². The highest BCUT2D eigenvalue weighted by molar-refractivity contribution is 5.94. The third kappa shape index (κ3) is 5.77. The second kappa shape index (κ2) is 9.46. The fourth-order valence-corrected chi connectivity index (χ4v) is 3.00. The topological polar surface area (TPSA) is 61.4 Å². The molecular weight excluding hydrogens is 328 g/mol. The summed E-state index contributed by atoms with van der Waals surface area (Å²) in [6.45, 7) is 3.90. The second-order valence-electron chi connectivity index (χ2n) is 6.28. The van der Waals surface area contributed by atoms with Crippen molar-refractivity contribution in [3.8, 4) is 0 Å². The smallest absolute Gasteiger partial charge is 0.244 e. The number of rotatable bonds is 7. The molecule has 1 saturated heterocycles. The van der Waals surface area contributed by atoms with Crippen molar-refractivity contribution in [2.24, 2.45) is 5.92 Å². The van der Waals surface area contributed by atoms with E-state index >= 15 is 0 Å². The minimum absolute atomic E-state index is 0.106. The highest BCUT2D eigenvalue weighted by Crippen LogP contribution is 2.19. The molecule has 1 heterocycles. The fraction of sp³-hybridized carbons (Fsp3) is 0.556. The summed E-state index contributed by atoms with van der Waals surface area (Å²) in [7, 11) is 0.